The molecule has 1 aromatic carbocycles. The van der Waals surface area contributed by atoms with Crippen molar-refractivity contribution in [3.8, 4) is 5.69 Å². The highest BCUT2D eigenvalue weighted by atomic mass is 16.1. The molecule has 1 N–H and O–H groups in total. The first-order valence-electron chi connectivity index (χ1n) is 7.07. The monoisotopic (exact) mass is 271 g/mol. The van der Waals surface area contributed by atoms with Crippen molar-refractivity contribution in [2.45, 2.75) is 33.2 Å². The van der Waals surface area contributed by atoms with E-state index in [-0.39, 0.29) is 11.8 Å². The summed E-state index contributed by atoms with van der Waals surface area (Å²) in [6.45, 7) is 4.62. The first-order valence-corrected chi connectivity index (χ1v) is 7.07. The maximum atomic E-state index is 11.9. The van der Waals surface area contributed by atoms with Crippen LogP contribution in [0, 0.1) is 5.92 Å². The molecule has 4 heteroatoms. The van der Waals surface area contributed by atoms with Crippen LogP contribution in [0.3, 0.4) is 0 Å². The van der Waals surface area contributed by atoms with Gasteiger partial charge < -0.3 is 5.32 Å². The molecule has 1 amide bonds. The van der Waals surface area contributed by atoms with E-state index in [2.05, 4.69) is 17.3 Å². The lowest BCUT2D eigenvalue weighted by atomic mass is 10.1. The van der Waals surface area contributed by atoms with Crippen molar-refractivity contribution in [3.05, 3.63) is 48.3 Å². The zero-order valence-corrected chi connectivity index (χ0v) is 12.0. The quantitative estimate of drug-likeness (QED) is 0.878. The van der Waals surface area contributed by atoms with E-state index in [1.165, 1.54) is 0 Å². The molecule has 0 saturated carbocycles. The average molecular weight is 271 g/mol. The van der Waals surface area contributed by atoms with Gasteiger partial charge in [0, 0.05) is 24.9 Å². The molecule has 1 atom stereocenters. The van der Waals surface area contributed by atoms with Gasteiger partial charge in [-0.3, -0.25) is 4.79 Å². The highest BCUT2D eigenvalue weighted by Gasteiger charge is 2.11. The molecule has 1 unspecified atom stereocenters. The second kappa shape index (κ2) is 6.89. The highest BCUT2D eigenvalue weighted by Crippen LogP contribution is 2.10. The Hall–Kier alpha value is -2.10. The Morgan fingerprint density at radius 2 is 2.25 bits per heavy atom. The molecule has 106 valence electrons. The minimum Gasteiger partial charge on any atom is -0.352 e. The van der Waals surface area contributed by atoms with Crippen LogP contribution in [-0.4, -0.2) is 15.7 Å². The van der Waals surface area contributed by atoms with Crippen molar-refractivity contribution < 1.29 is 4.79 Å². The van der Waals surface area contributed by atoms with Crippen molar-refractivity contribution in [1.29, 1.82) is 0 Å². The summed E-state index contributed by atoms with van der Waals surface area (Å²) in [4.78, 5) is 11.9. The SMILES string of the molecule is CCCC(C)C(=O)NCc1cccc(-n2cccn2)c1. The minimum absolute atomic E-state index is 0.0781. The van der Waals surface area contributed by atoms with Crippen molar-refractivity contribution in [3.63, 3.8) is 0 Å². The molecule has 0 fully saturated rings. The van der Waals surface area contributed by atoms with Gasteiger partial charge in [-0.25, -0.2) is 4.68 Å². The van der Waals surface area contributed by atoms with Gasteiger partial charge in [0.15, 0.2) is 0 Å². The number of aromatic nitrogens is 2. The number of nitrogens with zero attached hydrogens (tertiary/aromatic N) is 2. The fourth-order valence-corrected chi connectivity index (χ4v) is 2.16. The Kier molecular flexibility index (Phi) is 4.93. The van der Waals surface area contributed by atoms with Crippen LogP contribution >= 0.6 is 0 Å². The number of hydrogen-bond acceptors (Lipinski definition) is 2. The molecule has 1 aromatic heterocycles. The third-order valence-corrected chi connectivity index (χ3v) is 3.32. The zero-order chi connectivity index (χ0) is 14.4. The Morgan fingerprint density at radius 1 is 1.40 bits per heavy atom. The average Bonchev–Trinajstić information content (AvgIpc) is 2.99. The summed E-state index contributed by atoms with van der Waals surface area (Å²) >= 11 is 0. The molecule has 0 bridgehead atoms. The standard InChI is InChI=1S/C16H21N3O/c1-3-6-13(2)16(20)17-12-14-7-4-8-15(11-14)19-10-5-9-18-19/h4-5,7-11,13H,3,6,12H2,1-2H3,(H,17,20). The molecule has 4 nitrogen and oxygen atoms in total. The fraction of sp³-hybridized carbons (Fsp3) is 0.375. The van der Waals surface area contributed by atoms with Crippen LogP contribution < -0.4 is 5.32 Å². The minimum atomic E-state index is 0.0781. The predicted octanol–water partition coefficient (Wildman–Crippen LogP) is 2.92. The lowest BCUT2D eigenvalue weighted by molar-refractivity contribution is -0.124. The smallest absolute Gasteiger partial charge is 0.223 e. The lowest BCUT2D eigenvalue weighted by Gasteiger charge is -2.11. The molecule has 2 aromatic rings. The number of carbonyl (C=O) groups is 1. The maximum Gasteiger partial charge on any atom is 0.223 e. The van der Waals surface area contributed by atoms with Gasteiger partial charge in [0.1, 0.15) is 0 Å². The third kappa shape index (κ3) is 3.70. The second-order valence-electron chi connectivity index (χ2n) is 5.03. The fourth-order valence-electron chi connectivity index (χ4n) is 2.16. The van der Waals surface area contributed by atoms with Gasteiger partial charge in [-0.1, -0.05) is 32.4 Å². The van der Waals surface area contributed by atoms with E-state index in [4.69, 9.17) is 0 Å². The van der Waals surface area contributed by atoms with E-state index >= 15 is 0 Å². The Labute approximate surface area is 119 Å². The van der Waals surface area contributed by atoms with Crippen LogP contribution in [0.4, 0.5) is 0 Å². The van der Waals surface area contributed by atoms with Crippen molar-refractivity contribution in [2.24, 2.45) is 5.92 Å². The van der Waals surface area contributed by atoms with Gasteiger partial charge in [-0.15, -0.1) is 0 Å². The highest BCUT2D eigenvalue weighted by molar-refractivity contribution is 5.78. The molecular formula is C16H21N3O. The molecule has 0 aliphatic carbocycles. The Bertz CT molecular complexity index is 549. The van der Waals surface area contributed by atoms with Crippen LogP contribution in [0.1, 0.15) is 32.3 Å². The zero-order valence-electron chi connectivity index (χ0n) is 12.0. The first kappa shape index (κ1) is 14.3. The largest absolute Gasteiger partial charge is 0.352 e. The van der Waals surface area contributed by atoms with Gasteiger partial charge >= 0.3 is 0 Å². The molecule has 0 saturated heterocycles. The van der Waals surface area contributed by atoms with Gasteiger partial charge in [0.25, 0.3) is 0 Å². The number of amides is 1. The summed E-state index contributed by atoms with van der Waals surface area (Å²) < 4.78 is 1.81. The summed E-state index contributed by atoms with van der Waals surface area (Å²) in [7, 11) is 0. The molecular weight excluding hydrogens is 250 g/mol. The Morgan fingerprint density at radius 3 is 2.95 bits per heavy atom. The number of rotatable bonds is 6. The second-order valence-corrected chi connectivity index (χ2v) is 5.03. The molecule has 1 heterocycles. The number of nitrogens with one attached hydrogen (secondary N) is 1. The van der Waals surface area contributed by atoms with E-state index in [9.17, 15) is 4.79 Å². The molecule has 0 aliphatic rings. The summed E-state index contributed by atoms with van der Waals surface area (Å²) in [6, 6.07) is 9.92. The van der Waals surface area contributed by atoms with Crippen LogP contribution in [0.15, 0.2) is 42.7 Å². The van der Waals surface area contributed by atoms with E-state index in [0.717, 1.165) is 24.1 Å². The van der Waals surface area contributed by atoms with Crippen LogP contribution in [0.5, 0.6) is 0 Å². The number of hydrogen-bond donors (Lipinski definition) is 1. The Balaban J connectivity index is 1.97. The van der Waals surface area contributed by atoms with E-state index in [0.29, 0.717) is 6.54 Å². The van der Waals surface area contributed by atoms with Gasteiger partial charge in [-0.05, 0) is 30.2 Å². The van der Waals surface area contributed by atoms with E-state index in [1.54, 1.807) is 6.20 Å². The van der Waals surface area contributed by atoms with Crippen molar-refractivity contribution in [2.75, 3.05) is 0 Å². The van der Waals surface area contributed by atoms with Crippen molar-refractivity contribution in [1.82, 2.24) is 15.1 Å². The molecule has 0 radical (unpaired) electrons. The summed E-state index contributed by atoms with van der Waals surface area (Å²) in [6.07, 6.45) is 5.62. The van der Waals surface area contributed by atoms with Crippen LogP contribution in [0.25, 0.3) is 5.69 Å². The van der Waals surface area contributed by atoms with E-state index in [1.807, 2.05) is 48.1 Å². The van der Waals surface area contributed by atoms with Crippen molar-refractivity contribution >= 4 is 5.91 Å². The summed E-state index contributed by atoms with van der Waals surface area (Å²) in [5.74, 6) is 0.200. The molecule has 0 aliphatic heterocycles. The summed E-state index contributed by atoms with van der Waals surface area (Å²) in [5.41, 5.74) is 2.08. The van der Waals surface area contributed by atoms with Gasteiger partial charge in [-0.2, -0.15) is 5.10 Å². The lowest BCUT2D eigenvalue weighted by Crippen LogP contribution is -2.28. The van der Waals surface area contributed by atoms with Crippen LogP contribution in [-0.2, 0) is 11.3 Å². The van der Waals surface area contributed by atoms with Gasteiger partial charge in [0.05, 0.1) is 5.69 Å². The third-order valence-electron chi connectivity index (χ3n) is 3.32. The van der Waals surface area contributed by atoms with E-state index < -0.39 is 0 Å². The van der Waals surface area contributed by atoms with Crippen LogP contribution in [0.2, 0.25) is 0 Å². The molecule has 2 rings (SSSR count). The number of benzene rings is 1. The first-order chi connectivity index (χ1) is 9.70. The normalized spacial score (nSPS) is 12.1. The molecule has 0 spiro atoms. The molecule has 20 heavy (non-hydrogen) atoms. The predicted molar refractivity (Wildman–Crippen MR) is 79.5 cm³/mol. The topological polar surface area (TPSA) is 46.9 Å². The maximum absolute atomic E-state index is 11.9. The van der Waals surface area contributed by atoms with Gasteiger partial charge in [0.2, 0.25) is 5.91 Å². The number of carbonyl (C=O) groups excluding carboxylic acids is 1. The summed E-state index contributed by atoms with van der Waals surface area (Å²) in [5, 5.41) is 7.19.